The number of halogens is 1. The van der Waals surface area contributed by atoms with E-state index in [-0.39, 0.29) is 17.3 Å². The highest BCUT2D eigenvalue weighted by Gasteiger charge is 2.37. The van der Waals surface area contributed by atoms with Gasteiger partial charge in [-0.15, -0.1) is 0 Å². The molecule has 5 nitrogen and oxygen atoms in total. The van der Waals surface area contributed by atoms with E-state index >= 15 is 0 Å². The van der Waals surface area contributed by atoms with Crippen LogP contribution < -0.4 is 15.4 Å². The van der Waals surface area contributed by atoms with Crippen LogP contribution in [0.2, 0.25) is 0 Å². The van der Waals surface area contributed by atoms with Crippen molar-refractivity contribution >= 4 is 11.7 Å². The Hall–Kier alpha value is -2.60. The van der Waals surface area contributed by atoms with Gasteiger partial charge in [-0.25, -0.2) is 9.18 Å². The minimum absolute atomic E-state index is 0.245. The van der Waals surface area contributed by atoms with Crippen molar-refractivity contribution in [2.45, 2.75) is 18.3 Å². The van der Waals surface area contributed by atoms with Crippen LogP contribution in [0.5, 0.6) is 5.75 Å². The lowest BCUT2D eigenvalue weighted by Crippen LogP contribution is -2.45. The largest absolute Gasteiger partial charge is 0.496 e. The molecule has 2 aromatic carbocycles. The van der Waals surface area contributed by atoms with Crippen molar-refractivity contribution in [2.75, 3.05) is 32.2 Å². The average Bonchev–Trinajstić information content (AvgIpc) is 2.69. The van der Waals surface area contributed by atoms with Crippen molar-refractivity contribution in [3.8, 4) is 5.75 Å². The maximum Gasteiger partial charge on any atom is 0.319 e. The summed E-state index contributed by atoms with van der Waals surface area (Å²) in [7, 11) is 1.65. The summed E-state index contributed by atoms with van der Waals surface area (Å²) in [6.45, 7) is 1.74. The van der Waals surface area contributed by atoms with Gasteiger partial charge in [-0.1, -0.05) is 18.2 Å². The van der Waals surface area contributed by atoms with E-state index in [9.17, 15) is 9.18 Å². The number of carbonyl (C=O) groups excluding carboxylic acids is 1. The molecule has 0 aromatic heterocycles. The van der Waals surface area contributed by atoms with E-state index in [1.54, 1.807) is 7.11 Å². The molecule has 0 atom stereocenters. The van der Waals surface area contributed by atoms with Gasteiger partial charge in [0.25, 0.3) is 0 Å². The van der Waals surface area contributed by atoms with Crippen LogP contribution in [-0.2, 0) is 10.2 Å². The van der Waals surface area contributed by atoms with Crippen LogP contribution in [0, 0.1) is 5.82 Å². The van der Waals surface area contributed by atoms with Crippen molar-refractivity contribution in [2.24, 2.45) is 0 Å². The SMILES string of the molecule is COc1ccccc1C1(CNC(=O)Nc2ccc(F)cc2)CCOCC1. The number of hydrogen-bond acceptors (Lipinski definition) is 3. The molecule has 1 saturated heterocycles. The molecule has 0 aliphatic carbocycles. The summed E-state index contributed by atoms with van der Waals surface area (Å²) < 4.78 is 24.0. The number of hydrogen-bond donors (Lipinski definition) is 2. The first-order valence-electron chi connectivity index (χ1n) is 8.65. The summed E-state index contributed by atoms with van der Waals surface area (Å²) in [5, 5.41) is 5.68. The Balaban J connectivity index is 1.72. The molecule has 1 aliphatic heterocycles. The Morgan fingerprint density at radius 1 is 1.15 bits per heavy atom. The van der Waals surface area contributed by atoms with Gasteiger partial charge in [0, 0.05) is 36.4 Å². The third-order valence-corrected chi connectivity index (χ3v) is 4.82. The third kappa shape index (κ3) is 4.14. The molecule has 0 spiro atoms. The first-order chi connectivity index (χ1) is 12.6. The second-order valence-corrected chi connectivity index (χ2v) is 6.41. The van der Waals surface area contributed by atoms with Crippen LogP contribution in [0.1, 0.15) is 18.4 Å². The van der Waals surface area contributed by atoms with Crippen molar-refractivity contribution in [1.82, 2.24) is 5.32 Å². The normalized spacial score (nSPS) is 15.9. The number of methoxy groups -OCH3 is 1. The monoisotopic (exact) mass is 358 g/mol. The number of ether oxygens (including phenoxy) is 2. The number of nitrogens with one attached hydrogen (secondary N) is 2. The molecule has 1 aliphatic rings. The Labute approximate surface area is 152 Å². The van der Waals surface area contributed by atoms with Gasteiger partial charge in [-0.05, 0) is 43.2 Å². The highest BCUT2D eigenvalue weighted by molar-refractivity contribution is 5.89. The van der Waals surface area contributed by atoms with Crippen LogP contribution in [0.4, 0.5) is 14.9 Å². The minimum Gasteiger partial charge on any atom is -0.496 e. The predicted molar refractivity (Wildman–Crippen MR) is 98.1 cm³/mol. The molecular weight excluding hydrogens is 335 g/mol. The summed E-state index contributed by atoms with van der Waals surface area (Å²) in [6, 6.07) is 13.2. The second kappa shape index (κ2) is 8.19. The number of rotatable bonds is 5. The molecule has 2 amide bonds. The minimum atomic E-state index is -0.340. The van der Waals surface area contributed by atoms with Crippen LogP contribution in [0.3, 0.4) is 0 Å². The van der Waals surface area contributed by atoms with Crippen molar-refractivity contribution in [3.05, 3.63) is 59.9 Å². The van der Waals surface area contributed by atoms with Gasteiger partial charge in [0.1, 0.15) is 11.6 Å². The fourth-order valence-corrected chi connectivity index (χ4v) is 3.34. The molecule has 0 bridgehead atoms. The Morgan fingerprint density at radius 3 is 2.54 bits per heavy atom. The smallest absolute Gasteiger partial charge is 0.319 e. The van der Waals surface area contributed by atoms with Gasteiger partial charge < -0.3 is 20.1 Å². The lowest BCUT2D eigenvalue weighted by molar-refractivity contribution is 0.0500. The Bertz CT molecular complexity index is 743. The molecule has 0 unspecified atom stereocenters. The maximum absolute atomic E-state index is 13.0. The van der Waals surface area contributed by atoms with E-state index in [4.69, 9.17) is 9.47 Å². The molecule has 26 heavy (non-hydrogen) atoms. The molecule has 0 saturated carbocycles. The van der Waals surface area contributed by atoms with Crippen LogP contribution >= 0.6 is 0 Å². The lowest BCUT2D eigenvalue weighted by Gasteiger charge is -2.38. The molecule has 0 radical (unpaired) electrons. The van der Waals surface area contributed by atoms with Gasteiger partial charge in [0.2, 0.25) is 0 Å². The maximum atomic E-state index is 13.0. The average molecular weight is 358 g/mol. The van der Waals surface area contributed by atoms with Crippen LogP contribution in [0.25, 0.3) is 0 Å². The Morgan fingerprint density at radius 2 is 1.85 bits per heavy atom. The molecule has 3 rings (SSSR count). The van der Waals surface area contributed by atoms with E-state index in [0.717, 1.165) is 24.2 Å². The summed E-state index contributed by atoms with van der Waals surface area (Å²) in [5.41, 5.74) is 1.38. The number of urea groups is 1. The van der Waals surface area contributed by atoms with Crippen molar-refractivity contribution in [3.63, 3.8) is 0 Å². The first kappa shape index (κ1) is 18.2. The predicted octanol–water partition coefficient (Wildman–Crippen LogP) is 3.70. The van der Waals surface area contributed by atoms with Crippen molar-refractivity contribution < 1.29 is 18.7 Å². The van der Waals surface area contributed by atoms with E-state index in [2.05, 4.69) is 10.6 Å². The number of carbonyl (C=O) groups is 1. The van der Waals surface area contributed by atoms with Crippen molar-refractivity contribution in [1.29, 1.82) is 0 Å². The molecule has 6 heteroatoms. The van der Waals surface area contributed by atoms with Gasteiger partial charge in [0.05, 0.1) is 7.11 Å². The van der Waals surface area contributed by atoms with Gasteiger partial charge >= 0.3 is 6.03 Å². The Kier molecular flexibility index (Phi) is 5.73. The first-order valence-corrected chi connectivity index (χ1v) is 8.65. The lowest BCUT2D eigenvalue weighted by atomic mass is 9.73. The zero-order chi connectivity index (χ0) is 18.4. The van der Waals surface area contributed by atoms with Gasteiger partial charge in [-0.2, -0.15) is 0 Å². The van der Waals surface area contributed by atoms with Gasteiger partial charge in [0.15, 0.2) is 0 Å². The zero-order valence-electron chi connectivity index (χ0n) is 14.8. The topological polar surface area (TPSA) is 59.6 Å². The highest BCUT2D eigenvalue weighted by Crippen LogP contribution is 2.39. The number of amides is 2. The van der Waals surface area contributed by atoms with E-state index in [0.29, 0.717) is 25.4 Å². The molecule has 1 fully saturated rings. The third-order valence-electron chi connectivity index (χ3n) is 4.82. The molecule has 138 valence electrons. The van der Waals surface area contributed by atoms with Crippen LogP contribution in [0.15, 0.2) is 48.5 Å². The number of benzene rings is 2. The summed E-state index contributed by atoms with van der Waals surface area (Å²) in [4.78, 5) is 12.3. The van der Waals surface area contributed by atoms with E-state index in [1.165, 1.54) is 24.3 Å². The molecule has 2 N–H and O–H groups in total. The highest BCUT2D eigenvalue weighted by atomic mass is 19.1. The van der Waals surface area contributed by atoms with Gasteiger partial charge in [-0.3, -0.25) is 0 Å². The molecule has 2 aromatic rings. The fraction of sp³-hybridized carbons (Fsp3) is 0.350. The summed E-state index contributed by atoms with van der Waals surface area (Å²) in [5.74, 6) is 0.475. The standard InChI is InChI=1S/C20H23FN2O3/c1-25-18-5-3-2-4-17(18)20(10-12-26-13-11-20)14-22-19(24)23-16-8-6-15(21)7-9-16/h2-9H,10-14H2,1H3,(H2,22,23,24). The zero-order valence-corrected chi connectivity index (χ0v) is 14.8. The number of anilines is 1. The summed E-state index contributed by atoms with van der Waals surface area (Å²) >= 11 is 0. The van der Waals surface area contributed by atoms with Crippen LogP contribution in [-0.4, -0.2) is 32.9 Å². The molecular formula is C20H23FN2O3. The fourth-order valence-electron chi connectivity index (χ4n) is 3.34. The second-order valence-electron chi connectivity index (χ2n) is 6.41. The van der Waals surface area contributed by atoms with E-state index in [1.807, 2.05) is 24.3 Å². The number of para-hydroxylation sites is 1. The molecule has 1 heterocycles. The quantitative estimate of drug-likeness (QED) is 0.857. The van der Waals surface area contributed by atoms with E-state index < -0.39 is 0 Å². The summed E-state index contributed by atoms with van der Waals surface area (Å²) in [6.07, 6.45) is 1.59.